The van der Waals surface area contributed by atoms with Gasteiger partial charge in [0.25, 0.3) is 0 Å². The number of hydrogen-bond acceptors (Lipinski definition) is 8. The predicted octanol–water partition coefficient (Wildman–Crippen LogP) is 16.6. The van der Waals surface area contributed by atoms with Crippen LogP contribution in [-0.4, -0.2) is 49.3 Å². The van der Waals surface area contributed by atoms with Crippen LogP contribution in [0.4, 0.5) is 0 Å². The van der Waals surface area contributed by atoms with E-state index in [1.54, 1.807) is 0 Å². The zero-order valence-corrected chi connectivity index (χ0v) is 43.1. The number of phosphoric acid groups is 1. The molecule has 0 amide bonds. The number of hydrogen-bond donors (Lipinski definition) is 2. The number of carbonyl (C=O) groups excluding carboxylic acids is 2. The monoisotopic (exact) mass is 936 g/mol. The van der Waals surface area contributed by atoms with Crippen molar-refractivity contribution < 1.29 is 37.6 Å². The van der Waals surface area contributed by atoms with E-state index in [0.29, 0.717) is 6.42 Å². The van der Waals surface area contributed by atoms with Gasteiger partial charge in [-0.2, -0.15) is 0 Å². The summed E-state index contributed by atoms with van der Waals surface area (Å²) in [5.74, 6) is -0.828. The summed E-state index contributed by atoms with van der Waals surface area (Å²) in [5, 5.41) is 0. The maximum atomic E-state index is 12.7. The third-order valence-electron chi connectivity index (χ3n) is 11.7. The van der Waals surface area contributed by atoms with Gasteiger partial charge in [-0.05, 0) is 77.0 Å². The fraction of sp³-hybridized carbons (Fsp3) is 0.818. The highest BCUT2D eigenvalue weighted by Crippen LogP contribution is 2.43. The molecule has 0 spiro atoms. The minimum absolute atomic E-state index is 0.0521. The molecule has 0 heterocycles. The average molecular weight is 936 g/mol. The van der Waals surface area contributed by atoms with Gasteiger partial charge >= 0.3 is 19.8 Å². The molecule has 0 aliphatic rings. The average Bonchev–Trinajstić information content (AvgIpc) is 3.30. The van der Waals surface area contributed by atoms with E-state index in [9.17, 15) is 19.0 Å². The normalized spacial score (nSPS) is 13.5. The van der Waals surface area contributed by atoms with E-state index in [1.807, 2.05) is 0 Å². The van der Waals surface area contributed by atoms with E-state index >= 15 is 0 Å². The number of allylic oxidation sites excluding steroid dienone is 8. The molecule has 10 heteroatoms. The lowest BCUT2D eigenvalue weighted by molar-refractivity contribution is -0.161. The highest BCUT2D eigenvalue weighted by molar-refractivity contribution is 7.47. The summed E-state index contributed by atoms with van der Waals surface area (Å²) < 4.78 is 33.0. The number of ether oxygens (including phenoxy) is 2. The fourth-order valence-corrected chi connectivity index (χ4v) is 8.40. The summed E-state index contributed by atoms with van der Waals surface area (Å²) in [5.41, 5.74) is 5.37. The van der Waals surface area contributed by atoms with Gasteiger partial charge in [0.15, 0.2) is 6.10 Å². The molecule has 0 fully saturated rings. The van der Waals surface area contributed by atoms with Crippen molar-refractivity contribution in [2.45, 2.75) is 264 Å². The molecule has 2 atom stereocenters. The topological polar surface area (TPSA) is 134 Å². The number of phosphoric ester groups is 1. The quantitative estimate of drug-likeness (QED) is 0.0265. The number of carbonyl (C=O) groups is 2. The summed E-state index contributed by atoms with van der Waals surface area (Å²) in [6.07, 6.45) is 61.5. The number of esters is 2. The van der Waals surface area contributed by atoms with Crippen LogP contribution in [0.15, 0.2) is 48.6 Å². The Morgan fingerprint density at radius 1 is 0.462 bits per heavy atom. The summed E-state index contributed by atoms with van der Waals surface area (Å²) in [6.45, 7) is 3.74. The van der Waals surface area contributed by atoms with Crippen LogP contribution >= 0.6 is 7.82 Å². The van der Waals surface area contributed by atoms with Gasteiger partial charge in [0.2, 0.25) is 0 Å². The molecule has 65 heavy (non-hydrogen) atoms. The van der Waals surface area contributed by atoms with Gasteiger partial charge in [0.1, 0.15) is 6.61 Å². The Hall–Kier alpha value is -2.03. The molecular formula is C55H102NO8P. The number of nitrogens with two attached hydrogens (primary N) is 1. The molecule has 0 saturated heterocycles. The largest absolute Gasteiger partial charge is 0.472 e. The molecule has 9 nitrogen and oxygen atoms in total. The lowest BCUT2D eigenvalue weighted by atomic mass is 10.0. The van der Waals surface area contributed by atoms with Gasteiger partial charge in [0.05, 0.1) is 13.2 Å². The standard InChI is InChI=1S/C55H102NO8P/c1-3-5-7-9-11-13-15-17-19-21-22-23-24-25-26-27-28-29-30-32-34-36-38-40-42-44-46-48-55(58)64-53(52-63-65(59,60)62-50-49-56)51-61-54(57)47-45-43-41-39-37-35-33-31-20-18-16-14-12-10-8-6-4-2/h15,17-18,20-22,24-25,53H,3-14,16,19,23,26-52,56H2,1-2H3,(H,59,60)/b17-15-,20-18-,22-21-,25-24-. The van der Waals surface area contributed by atoms with Crippen LogP contribution < -0.4 is 5.73 Å². The second-order valence-corrected chi connectivity index (χ2v) is 19.5. The summed E-state index contributed by atoms with van der Waals surface area (Å²) in [4.78, 5) is 35.1. The van der Waals surface area contributed by atoms with Gasteiger partial charge in [-0.3, -0.25) is 18.6 Å². The molecule has 0 rings (SSSR count). The van der Waals surface area contributed by atoms with Crippen molar-refractivity contribution >= 4 is 19.8 Å². The van der Waals surface area contributed by atoms with Crippen molar-refractivity contribution in [1.82, 2.24) is 0 Å². The fourth-order valence-electron chi connectivity index (χ4n) is 7.64. The molecule has 0 aliphatic heterocycles. The summed E-state index contributed by atoms with van der Waals surface area (Å²) in [6, 6.07) is 0. The van der Waals surface area contributed by atoms with Crippen LogP contribution in [0.25, 0.3) is 0 Å². The molecule has 0 aromatic rings. The van der Waals surface area contributed by atoms with Crippen molar-refractivity contribution in [3.8, 4) is 0 Å². The SMILES string of the molecule is CCCCCCC/C=C\C/C=C\C/C=C\CCCCCCCCCCCCCCC(=O)OC(COC(=O)CCCCCCCCC/C=C\CCCCCCCC)COP(=O)(O)OCCN. The number of unbranched alkanes of at least 4 members (excludes halogenated alkanes) is 30. The second kappa shape index (κ2) is 51.4. The Labute approximate surface area is 400 Å². The Kier molecular flexibility index (Phi) is 49.8. The first kappa shape index (κ1) is 63.0. The maximum absolute atomic E-state index is 12.7. The third-order valence-corrected chi connectivity index (χ3v) is 12.7. The highest BCUT2D eigenvalue weighted by atomic mass is 31.2. The van der Waals surface area contributed by atoms with E-state index in [2.05, 4.69) is 62.5 Å². The predicted molar refractivity (Wildman–Crippen MR) is 275 cm³/mol. The van der Waals surface area contributed by atoms with Gasteiger partial charge < -0.3 is 20.1 Å². The molecule has 3 N–H and O–H groups in total. The van der Waals surface area contributed by atoms with E-state index in [1.165, 1.54) is 161 Å². The molecule has 0 aliphatic carbocycles. The summed E-state index contributed by atoms with van der Waals surface area (Å²) in [7, 11) is -4.39. The minimum atomic E-state index is -4.39. The first-order chi connectivity index (χ1) is 31.8. The van der Waals surface area contributed by atoms with Crippen LogP contribution in [0.2, 0.25) is 0 Å². The molecule has 0 aromatic heterocycles. The first-order valence-electron chi connectivity index (χ1n) is 27.1. The van der Waals surface area contributed by atoms with Crippen molar-refractivity contribution in [3.05, 3.63) is 48.6 Å². The van der Waals surface area contributed by atoms with Crippen LogP contribution in [0.1, 0.15) is 258 Å². The molecule has 2 unspecified atom stereocenters. The Morgan fingerprint density at radius 3 is 1.20 bits per heavy atom. The molecule has 380 valence electrons. The lowest BCUT2D eigenvalue weighted by Crippen LogP contribution is -2.29. The van der Waals surface area contributed by atoms with E-state index in [0.717, 1.165) is 64.2 Å². The Balaban J connectivity index is 4.00. The van der Waals surface area contributed by atoms with Crippen LogP contribution in [0.5, 0.6) is 0 Å². The minimum Gasteiger partial charge on any atom is -0.462 e. The van der Waals surface area contributed by atoms with Gasteiger partial charge in [-0.1, -0.05) is 217 Å². The third kappa shape index (κ3) is 51.2. The smallest absolute Gasteiger partial charge is 0.462 e. The van der Waals surface area contributed by atoms with Crippen molar-refractivity contribution in [2.24, 2.45) is 5.73 Å². The van der Waals surface area contributed by atoms with Crippen molar-refractivity contribution in [1.29, 1.82) is 0 Å². The highest BCUT2D eigenvalue weighted by Gasteiger charge is 2.26. The van der Waals surface area contributed by atoms with E-state index in [4.69, 9.17) is 24.3 Å². The van der Waals surface area contributed by atoms with E-state index < -0.39 is 26.5 Å². The molecule has 0 radical (unpaired) electrons. The molecule has 0 bridgehead atoms. The maximum Gasteiger partial charge on any atom is 0.472 e. The molecule has 0 aromatic carbocycles. The molecule has 0 saturated carbocycles. The zero-order valence-electron chi connectivity index (χ0n) is 42.2. The van der Waals surface area contributed by atoms with Crippen LogP contribution in [-0.2, 0) is 32.7 Å². The van der Waals surface area contributed by atoms with Crippen molar-refractivity contribution in [3.63, 3.8) is 0 Å². The van der Waals surface area contributed by atoms with Gasteiger partial charge in [-0.25, -0.2) is 4.57 Å². The lowest BCUT2D eigenvalue weighted by Gasteiger charge is -2.19. The van der Waals surface area contributed by atoms with Crippen molar-refractivity contribution in [2.75, 3.05) is 26.4 Å². The number of rotatable bonds is 51. The van der Waals surface area contributed by atoms with Gasteiger partial charge in [-0.15, -0.1) is 0 Å². The summed E-state index contributed by atoms with van der Waals surface area (Å²) >= 11 is 0. The van der Waals surface area contributed by atoms with Crippen LogP contribution in [0.3, 0.4) is 0 Å². The molecular weight excluding hydrogens is 834 g/mol. The second-order valence-electron chi connectivity index (χ2n) is 18.1. The van der Waals surface area contributed by atoms with Crippen LogP contribution in [0, 0.1) is 0 Å². The Morgan fingerprint density at radius 2 is 0.800 bits per heavy atom. The van der Waals surface area contributed by atoms with Gasteiger partial charge in [0, 0.05) is 19.4 Å². The first-order valence-corrected chi connectivity index (χ1v) is 28.6. The Bertz CT molecular complexity index is 1200. The van der Waals surface area contributed by atoms with E-state index in [-0.39, 0.29) is 38.6 Å². The zero-order chi connectivity index (χ0) is 47.4.